The van der Waals surface area contributed by atoms with E-state index in [9.17, 15) is 4.39 Å². The SMILES string of the molecule is CN(Cc1ccc(F)cc1)c1ccc2ncc(Nc3ccncc3)n2n1. The Kier molecular flexibility index (Phi) is 4.18. The minimum atomic E-state index is -0.235. The van der Waals surface area contributed by atoms with Crippen molar-refractivity contribution in [1.82, 2.24) is 19.6 Å². The number of nitrogens with zero attached hydrogens (tertiary/aromatic N) is 5. The van der Waals surface area contributed by atoms with Crippen molar-refractivity contribution < 1.29 is 4.39 Å². The molecule has 0 amide bonds. The maximum absolute atomic E-state index is 13.1. The van der Waals surface area contributed by atoms with E-state index in [-0.39, 0.29) is 5.82 Å². The van der Waals surface area contributed by atoms with Gasteiger partial charge >= 0.3 is 0 Å². The summed E-state index contributed by atoms with van der Waals surface area (Å²) in [4.78, 5) is 10.4. The summed E-state index contributed by atoms with van der Waals surface area (Å²) in [6.45, 7) is 0.626. The number of imidazole rings is 1. The number of hydrogen-bond acceptors (Lipinski definition) is 5. The molecule has 0 spiro atoms. The van der Waals surface area contributed by atoms with Gasteiger partial charge in [0.05, 0.1) is 6.20 Å². The first-order chi connectivity index (χ1) is 12.7. The van der Waals surface area contributed by atoms with Crippen molar-refractivity contribution in [2.75, 3.05) is 17.3 Å². The van der Waals surface area contributed by atoms with Gasteiger partial charge in [-0.05, 0) is 42.0 Å². The number of halogens is 1. The van der Waals surface area contributed by atoms with Gasteiger partial charge in [0.25, 0.3) is 0 Å². The molecule has 0 fully saturated rings. The van der Waals surface area contributed by atoms with Crippen LogP contribution in [0.3, 0.4) is 0 Å². The predicted octanol–water partition coefficient (Wildman–Crippen LogP) is 3.64. The number of pyridine rings is 1. The van der Waals surface area contributed by atoms with Crippen LogP contribution in [0.1, 0.15) is 5.56 Å². The lowest BCUT2D eigenvalue weighted by atomic mass is 10.2. The van der Waals surface area contributed by atoms with Crippen molar-refractivity contribution in [2.45, 2.75) is 6.54 Å². The number of hydrogen-bond donors (Lipinski definition) is 1. The summed E-state index contributed by atoms with van der Waals surface area (Å²) in [5.41, 5.74) is 2.67. The second kappa shape index (κ2) is 6.79. The molecule has 0 saturated heterocycles. The number of aromatic nitrogens is 4. The molecule has 4 aromatic rings. The monoisotopic (exact) mass is 348 g/mol. The highest BCUT2D eigenvalue weighted by Gasteiger charge is 2.09. The first kappa shape index (κ1) is 16.0. The average Bonchev–Trinajstić information content (AvgIpc) is 3.06. The van der Waals surface area contributed by atoms with E-state index in [0.29, 0.717) is 6.54 Å². The van der Waals surface area contributed by atoms with Crippen LogP contribution in [-0.2, 0) is 6.54 Å². The fourth-order valence-electron chi connectivity index (χ4n) is 2.68. The number of fused-ring (bicyclic) bond motifs is 1. The van der Waals surface area contributed by atoms with E-state index in [1.54, 1.807) is 35.2 Å². The van der Waals surface area contributed by atoms with Gasteiger partial charge in [0.15, 0.2) is 11.5 Å². The van der Waals surface area contributed by atoms with E-state index in [4.69, 9.17) is 0 Å². The van der Waals surface area contributed by atoms with Gasteiger partial charge in [0, 0.05) is 31.7 Å². The summed E-state index contributed by atoms with van der Waals surface area (Å²) in [5.74, 6) is 1.32. The van der Waals surface area contributed by atoms with Crippen molar-refractivity contribution in [1.29, 1.82) is 0 Å². The van der Waals surface area contributed by atoms with Crippen LogP contribution in [0.15, 0.2) is 67.1 Å². The summed E-state index contributed by atoms with van der Waals surface area (Å²) >= 11 is 0. The molecule has 0 aliphatic rings. The molecule has 0 aliphatic heterocycles. The number of anilines is 3. The molecular weight excluding hydrogens is 331 g/mol. The third kappa shape index (κ3) is 3.32. The van der Waals surface area contributed by atoms with Crippen molar-refractivity contribution in [2.24, 2.45) is 0 Å². The fraction of sp³-hybridized carbons (Fsp3) is 0.105. The average molecular weight is 348 g/mol. The van der Waals surface area contributed by atoms with Crippen molar-refractivity contribution in [3.63, 3.8) is 0 Å². The van der Waals surface area contributed by atoms with Gasteiger partial charge in [-0.3, -0.25) is 4.98 Å². The molecule has 7 heteroatoms. The lowest BCUT2D eigenvalue weighted by Crippen LogP contribution is -2.18. The number of nitrogens with one attached hydrogen (secondary N) is 1. The molecule has 1 N–H and O–H groups in total. The van der Waals surface area contributed by atoms with E-state index in [1.807, 2.05) is 36.2 Å². The Hall–Kier alpha value is -3.48. The summed E-state index contributed by atoms with van der Waals surface area (Å²) in [6, 6.07) is 14.1. The molecule has 0 atom stereocenters. The van der Waals surface area contributed by atoms with Gasteiger partial charge in [-0.15, -0.1) is 5.10 Å². The third-order valence-corrected chi connectivity index (χ3v) is 4.03. The maximum atomic E-state index is 13.1. The van der Waals surface area contributed by atoms with E-state index in [2.05, 4.69) is 20.4 Å². The van der Waals surface area contributed by atoms with E-state index < -0.39 is 0 Å². The molecule has 4 rings (SSSR count). The molecule has 3 heterocycles. The Bertz CT molecular complexity index is 1010. The highest BCUT2D eigenvalue weighted by molar-refractivity contribution is 5.60. The van der Waals surface area contributed by atoms with Crippen LogP contribution in [-0.4, -0.2) is 26.6 Å². The van der Waals surface area contributed by atoms with Gasteiger partial charge in [0.1, 0.15) is 11.6 Å². The normalized spacial score (nSPS) is 10.8. The Morgan fingerprint density at radius 1 is 1.04 bits per heavy atom. The Balaban J connectivity index is 1.59. The summed E-state index contributed by atoms with van der Waals surface area (Å²) in [5, 5.41) is 7.96. The molecule has 6 nitrogen and oxygen atoms in total. The molecule has 0 saturated carbocycles. The molecule has 130 valence electrons. The molecule has 0 bridgehead atoms. The van der Waals surface area contributed by atoms with Gasteiger partial charge < -0.3 is 10.2 Å². The predicted molar refractivity (Wildman–Crippen MR) is 99.0 cm³/mol. The number of benzene rings is 1. The summed E-state index contributed by atoms with van der Waals surface area (Å²) in [7, 11) is 1.95. The topological polar surface area (TPSA) is 58.4 Å². The zero-order valence-electron chi connectivity index (χ0n) is 14.2. The van der Waals surface area contributed by atoms with Crippen LogP contribution in [0.5, 0.6) is 0 Å². The Labute approximate surface area is 149 Å². The van der Waals surface area contributed by atoms with Gasteiger partial charge in [0.2, 0.25) is 0 Å². The molecule has 0 aliphatic carbocycles. The lowest BCUT2D eigenvalue weighted by Gasteiger charge is -2.18. The zero-order chi connectivity index (χ0) is 17.9. The van der Waals surface area contributed by atoms with Crippen LogP contribution in [0.2, 0.25) is 0 Å². The zero-order valence-corrected chi connectivity index (χ0v) is 14.2. The van der Waals surface area contributed by atoms with Crippen molar-refractivity contribution in [3.05, 3.63) is 78.5 Å². The van der Waals surface area contributed by atoms with Crippen LogP contribution in [0.25, 0.3) is 5.65 Å². The van der Waals surface area contributed by atoms with Crippen LogP contribution < -0.4 is 10.2 Å². The van der Waals surface area contributed by atoms with Crippen molar-refractivity contribution >= 4 is 23.0 Å². The summed E-state index contributed by atoms with van der Waals surface area (Å²) in [6.07, 6.45) is 5.19. The second-order valence-electron chi connectivity index (χ2n) is 5.95. The quantitative estimate of drug-likeness (QED) is 0.597. The highest BCUT2D eigenvalue weighted by Crippen LogP contribution is 2.19. The van der Waals surface area contributed by atoms with E-state index >= 15 is 0 Å². The number of rotatable bonds is 5. The van der Waals surface area contributed by atoms with Crippen LogP contribution in [0.4, 0.5) is 21.7 Å². The van der Waals surface area contributed by atoms with Crippen LogP contribution in [0, 0.1) is 5.82 Å². The molecule has 26 heavy (non-hydrogen) atoms. The van der Waals surface area contributed by atoms with Gasteiger partial charge in [-0.25, -0.2) is 9.37 Å². The molecule has 3 aromatic heterocycles. The Morgan fingerprint density at radius 2 is 1.81 bits per heavy atom. The highest BCUT2D eigenvalue weighted by atomic mass is 19.1. The van der Waals surface area contributed by atoms with Crippen molar-refractivity contribution in [3.8, 4) is 0 Å². The fourth-order valence-corrected chi connectivity index (χ4v) is 2.68. The lowest BCUT2D eigenvalue weighted by molar-refractivity contribution is 0.627. The molecule has 1 aromatic carbocycles. The molecular formula is C19H17FN6. The van der Waals surface area contributed by atoms with Gasteiger partial charge in [-0.2, -0.15) is 4.52 Å². The minimum absolute atomic E-state index is 0.235. The van der Waals surface area contributed by atoms with Crippen LogP contribution >= 0.6 is 0 Å². The second-order valence-corrected chi connectivity index (χ2v) is 5.95. The standard InChI is InChI=1S/C19H17FN6/c1-25(13-14-2-4-15(20)5-3-14)18-7-6-17-22-12-19(26(17)24-18)23-16-8-10-21-11-9-16/h2-12H,13H2,1H3,(H,21,23). The first-order valence-corrected chi connectivity index (χ1v) is 8.16. The maximum Gasteiger partial charge on any atom is 0.156 e. The van der Waals surface area contributed by atoms with E-state index in [0.717, 1.165) is 28.5 Å². The largest absolute Gasteiger partial charge is 0.354 e. The smallest absolute Gasteiger partial charge is 0.156 e. The first-order valence-electron chi connectivity index (χ1n) is 8.16. The third-order valence-electron chi connectivity index (χ3n) is 4.03. The van der Waals surface area contributed by atoms with E-state index in [1.165, 1.54) is 12.1 Å². The minimum Gasteiger partial charge on any atom is -0.354 e. The molecule has 0 radical (unpaired) electrons. The Morgan fingerprint density at radius 3 is 2.58 bits per heavy atom. The van der Waals surface area contributed by atoms with Gasteiger partial charge in [-0.1, -0.05) is 12.1 Å². The molecule has 0 unspecified atom stereocenters. The summed E-state index contributed by atoms with van der Waals surface area (Å²) < 4.78 is 14.8.